The number of piperidine rings is 1. The minimum absolute atomic E-state index is 0.0363. The topological polar surface area (TPSA) is 123 Å². The van der Waals surface area contributed by atoms with Gasteiger partial charge in [0.05, 0.1) is 11.2 Å². The number of anilines is 1. The number of hydrogen-bond donors (Lipinski definition) is 2. The lowest BCUT2D eigenvalue weighted by molar-refractivity contribution is -0.141. The van der Waals surface area contributed by atoms with Crippen LogP contribution in [0.5, 0.6) is 0 Å². The van der Waals surface area contributed by atoms with Crippen LogP contribution >= 0.6 is 0 Å². The summed E-state index contributed by atoms with van der Waals surface area (Å²) in [6, 6.07) is 17.7. The number of halogens is 1. The molecule has 2 aromatic heterocycles. The van der Waals surface area contributed by atoms with Crippen LogP contribution in [0.1, 0.15) is 29.8 Å². The molecule has 38 heavy (non-hydrogen) atoms. The molecule has 1 saturated carbocycles. The second-order valence-corrected chi connectivity index (χ2v) is 9.74. The van der Waals surface area contributed by atoms with Gasteiger partial charge in [0, 0.05) is 17.0 Å². The molecule has 0 radical (unpaired) electrons. The number of pyridine rings is 1. The lowest BCUT2D eigenvalue weighted by Crippen LogP contribution is -2.52. The molecule has 3 amide bonds. The molecule has 3 N–H and O–H groups in total. The van der Waals surface area contributed by atoms with Crippen LogP contribution in [0.15, 0.2) is 66.7 Å². The standard InChI is InChI=1S/C28H25FN6O3/c29-20-8-3-1-6-18(20)21-9-5-11-23(31-21)32-28(38)26-16-12-13-17(14-16)35(26)24(36)15-34-22-10-4-2-7-19(22)25(33-34)27(30)37/h1-11,16-17,26H,12-15H2,(H2,30,37)(H,31,32,38)/t16-,17+,26-/m0/s1. The van der Waals surface area contributed by atoms with Crippen molar-refractivity contribution in [3.63, 3.8) is 0 Å². The summed E-state index contributed by atoms with van der Waals surface area (Å²) in [5.74, 6) is -1.33. The predicted molar refractivity (Wildman–Crippen MR) is 138 cm³/mol. The minimum atomic E-state index is -0.671. The molecule has 3 atom stereocenters. The Morgan fingerprint density at radius 1 is 1.00 bits per heavy atom. The number of amides is 3. The van der Waals surface area contributed by atoms with E-state index in [1.54, 1.807) is 65.6 Å². The van der Waals surface area contributed by atoms with Crippen LogP contribution in [0.25, 0.3) is 22.2 Å². The first-order chi connectivity index (χ1) is 18.4. The van der Waals surface area contributed by atoms with Crippen molar-refractivity contribution in [2.75, 3.05) is 5.32 Å². The second kappa shape index (κ2) is 9.37. The third-order valence-corrected chi connectivity index (χ3v) is 7.47. The van der Waals surface area contributed by atoms with Crippen molar-refractivity contribution in [2.24, 2.45) is 11.7 Å². The van der Waals surface area contributed by atoms with Crippen LogP contribution in [0.2, 0.25) is 0 Å². The number of para-hydroxylation sites is 1. The summed E-state index contributed by atoms with van der Waals surface area (Å²) in [6.07, 6.45) is 2.43. The number of carbonyl (C=O) groups excluding carboxylic acids is 3. The van der Waals surface area contributed by atoms with E-state index in [9.17, 15) is 18.8 Å². The van der Waals surface area contributed by atoms with Crippen LogP contribution in [-0.4, -0.2) is 49.5 Å². The lowest BCUT2D eigenvalue weighted by Gasteiger charge is -2.34. The molecule has 0 unspecified atom stereocenters. The first-order valence-corrected chi connectivity index (χ1v) is 12.5. The number of aromatic nitrogens is 3. The molecule has 2 fully saturated rings. The molecule has 6 rings (SSSR count). The number of fused-ring (bicyclic) bond motifs is 3. The average Bonchev–Trinajstić information content (AvgIpc) is 3.63. The third-order valence-electron chi connectivity index (χ3n) is 7.47. The Bertz CT molecular complexity index is 1580. The Morgan fingerprint density at radius 3 is 2.61 bits per heavy atom. The highest BCUT2D eigenvalue weighted by molar-refractivity contribution is 6.04. The zero-order valence-corrected chi connectivity index (χ0v) is 20.4. The van der Waals surface area contributed by atoms with Crippen molar-refractivity contribution in [3.05, 3.63) is 78.2 Å². The number of benzene rings is 2. The third kappa shape index (κ3) is 4.07. The quantitative estimate of drug-likeness (QED) is 0.410. The highest BCUT2D eigenvalue weighted by Crippen LogP contribution is 2.43. The van der Waals surface area contributed by atoms with Crippen LogP contribution in [-0.2, 0) is 16.1 Å². The molecule has 0 spiro atoms. The van der Waals surface area contributed by atoms with E-state index in [0.717, 1.165) is 19.3 Å². The van der Waals surface area contributed by atoms with E-state index in [1.807, 2.05) is 0 Å². The van der Waals surface area contributed by atoms with Gasteiger partial charge in [-0.25, -0.2) is 9.37 Å². The van der Waals surface area contributed by atoms with Gasteiger partial charge in [-0.05, 0) is 55.5 Å². The largest absolute Gasteiger partial charge is 0.364 e. The molecule has 2 aromatic carbocycles. The molecular weight excluding hydrogens is 487 g/mol. The maximum atomic E-state index is 14.3. The molecule has 4 aromatic rings. The summed E-state index contributed by atoms with van der Waals surface area (Å²) in [5, 5.41) is 7.72. The summed E-state index contributed by atoms with van der Waals surface area (Å²) < 4.78 is 15.7. The molecule has 192 valence electrons. The monoisotopic (exact) mass is 512 g/mol. The van der Waals surface area contributed by atoms with Crippen LogP contribution < -0.4 is 11.1 Å². The fourth-order valence-electron chi connectivity index (χ4n) is 5.85. The van der Waals surface area contributed by atoms with Gasteiger partial charge in [0.2, 0.25) is 11.8 Å². The predicted octanol–water partition coefficient (Wildman–Crippen LogP) is 3.35. The molecular formula is C28H25FN6O3. The Hall–Kier alpha value is -4.60. The van der Waals surface area contributed by atoms with E-state index in [0.29, 0.717) is 22.2 Å². The Morgan fingerprint density at radius 2 is 1.79 bits per heavy atom. The SMILES string of the molecule is NC(=O)c1nn(CC(=O)N2[C@@H]3CC[C@@H](C3)[C@H]2C(=O)Nc2cccc(-c3ccccc3F)n2)c2ccccc12. The zero-order valence-electron chi connectivity index (χ0n) is 20.4. The van der Waals surface area contributed by atoms with Crippen molar-refractivity contribution < 1.29 is 18.8 Å². The normalized spacial score (nSPS) is 20.1. The van der Waals surface area contributed by atoms with Crippen molar-refractivity contribution >= 4 is 34.4 Å². The number of carbonyl (C=O) groups is 3. The van der Waals surface area contributed by atoms with Crippen molar-refractivity contribution in [1.29, 1.82) is 0 Å². The smallest absolute Gasteiger partial charge is 0.269 e. The van der Waals surface area contributed by atoms with Crippen molar-refractivity contribution in [1.82, 2.24) is 19.7 Å². The van der Waals surface area contributed by atoms with E-state index in [1.165, 1.54) is 10.7 Å². The van der Waals surface area contributed by atoms with Gasteiger partial charge in [-0.15, -0.1) is 0 Å². The molecule has 2 aliphatic rings. The number of primary amides is 1. The molecule has 2 bridgehead atoms. The Kier molecular flexibility index (Phi) is 5.86. The molecule has 1 aliphatic carbocycles. The van der Waals surface area contributed by atoms with Gasteiger partial charge in [0.1, 0.15) is 24.2 Å². The van der Waals surface area contributed by atoms with Gasteiger partial charge in [0.25, 0.3) is 5.91 Å². The zero-order chi connectivity index (χ0) is 26.4. The van der Waals surface area contributed by atoms with Gasteiger partial charge < -0.3 is 16.0 Å². The van der Waals surface area contributed by atoms with Gasteiger partial charge in [-0.2, -0.15) is 5.10 Å². The number of nitrogens with zero attached hydrogens (tertiary/aromatic N) is 4. The Labute approximate surface area is 217 Å². The number of nitrogens with one attached hydrogen (secondary N) is 1. The molecule has 1 saturated heterocycles. The summed E-state index contributed by atoms with van der Waals surface area (Å²) >= 11 is 0. The lowest BCUT2D eigenvalue weighted by atomic mass is 9.97. The summed E-state index contributed by atoms with van der Waals surface area (Å²) in [5.41, 5.74) is 6.96. The summed E-state index contributed by atoms with van der Waals surface area (Å²) in [7, 11) is 0. The van der Waals surface area contributed by atoms with E-state index in [4.69, 9.17) is 5.73 Å². The fraction of sp³-hybridized carbons (Fsp3) is 0.250. The molecule has 1 aliphatic heterocycles. The van der Waals surface area contributed by atoms with Crippen LogP contribution in [0.4, 0.5) is 10.2 Å². The minimum Gasteiger partial charge on any atom is -0.364 e. The first-order valence-electron chi connectivity index (χ1n) is 12.5. The van der Waals surface area contributed by atoms with E-state index >= 15 is 0 Å². The molecule has 9 nitrogen and oxygen atoms in total. The maximum absolute atomic E-state index is 14.3. The van der Waals surface area contributed by atoms with Gasteiger partial charge >= 0.3 is 0 Å². The Balaban J connectivity index is 1.24. The van der Waals surface area contributed by atoms with Crippen molar-refractivity contribution in [3.8, 4) is 11.3 Å². The van der Waals surface area contributed by atoms with Crippen LogP contribution in [0, 0.1) is 11.7 Å². The summed E-state index contributed by atoms with van der Waals surface area (Å²) in [6.45, 7) is -0.123. The fourth-order valence-corrected chi connectivity index (χ4v) is 5.85. The van der Waals surface area contributed by atoms with Gasteiger partial charge in [-0.1, -0.05) is 36.4 Å². The van der Waals surface area contributed by atoms with E-state index in [-0.39, 0.29) is 41.8 Å². The van der Waals surface area contributed by atoms with Crippen LogP contribution in [0.3, 0.4) is 0 Å². The van der Waals surface area contributed by atoms with E-state index in [2.05, 4.69) is 15.4 Å². The van der Waals surface area contributed by atoms with Crippen molar-refractivity contribution in [2.45, 2.75) is 37.9 Å². The van der Waals surface area contributed by atoms with Gasteiger partial charge in [-0.3, -0.25) is 19.1 Å². The number of hydrogen-bond acceptors (Lipinski definition) is 5. The maximum Gasteiger partial charge on any atom is 0.269 e. The number of rotatable bonds is 6. The van der Waals surface area contributed by atoms with Gasteiger partial charge in [0.15, 0.2) is 5.69 Å². The van der Waals surface area contributed by atoms with E-state index < -0.39 is 17.8 Å². The molecule has 3 heterocycles. The number of nitrogens with two attached hydrogens (primary N) is 1. The first kappa shape index (κ1) is 23.8. The highest BCUT2D eigenvalue weighted by Gasteiger charge is 2.51. The second-order valence-electron chi connectivity index (χ2n) is 9.74. The average molecular weight is 513 g/mol. The summed E-state index contributed by atoms with van der Waals surface area (Å²) in [4.78, 5) is 45.1. The highest BCUT2D eigenvalue weighted by atomic mass is 19.1. The molecule has 10 heteroatoms. The number of likely N-dealkylation sites (tertiary alicyclic amines) is 1.